The van der Waals surface area contributed by atoms with E-state index < -0.39 is 0 Å². The summed E-state index contributed by atoms with van der Waals surface area (Å²) in [6.45, 7) is 0.231. The molecule has 2 rings (SSSR count). The first-order chi connectivity index (χ1) is 7.79. The van der Waals surface area contributed by atoms with Crippen molar-refractivity contribution in [1.29, 1.82) is 0 Å². The maximum absolute atomic E-state index is 11.0. The Labute approximate surface area is 95.8 Å². The fraction of sp³-hybridized carbons (Fsp3) is 0.462. The van der Waals surface area contributed by atoms with Crippen molar-refractivity contribution in [3.63, 3.8) is 0 Å². The van der Waals surface area contributed by atoms with Crippen LogP contribution in [-0.2, 0) is 22.4 Å². The number of anilines is 1. The molecule has 0 heterocycles. The molecule has 0 atom stereocenters. The van der Waals surface area contributed by atoms with Crippen LogP contribution in [0.25, 0.3) is 0 Å². The van der Waals surface area contributed by atoms with Gasteiger partial charge in [-0.2, -0.15) is 0 Å². The zero-order valence-electron chi connectivity index (χ0n) is 9.58. The van der Waals surface area contributed by atoms with E-state index in [9.17, 15) is 4.79 Å². The highest BCUT2D eigenvalue weighted by Crippen LogP contribution is 2.24. The zero-order valence-corrected chi connectivity index (χ0v) is 9.58. The Hall–Kier alpha value is -1.51. The molecule has 0 unspecified atom stereocenters. The molecule has 0 aromatic heterocycles. The number of aryl methyl sites for hydroxylation is 2. The van der Waals surface area contributed by atoms with Crippen LogP contribution in [0.1, 0.15) is 24.0 Å². The molecule has 1 N–H and O–H groups in total. The number of rotatable bonds is 3. The summed E-state index contributed by atoms with van der Waals surface area (Å²) in [4.78, 5) is 11.0. The van der Waals surface area contributed by atoms with Crippen LogP contribution in [0.4, 0.5) is 5.69 Å². The van der Waals surface area contributed by atoms with Crippen LogP contribution >= 0.6 is 0 Å². The topological polar surface area (TPSA) is 38.3 Å². The highest BCUT2D eigenvalue weighted by Gasteiger charge is 2.09. The second-order valence-electron chi connectivity index (χ2n) is 4.12. The van der Waals surface area contributed by atoms with Gasteiger partial charge in [0, 0.05) is 5.69 Å². The predicted octanol–water partition coefficient (Wildman–Crippen LogP) is 2.15. The van der Waals surface area contributed by atoms with Crippen LogP contribution in [0, 0.1) is 0 Å². The van der Waals surface area contributed by atoms with E-state index in [0.29, 0.717) is 0 Å². The van der Waals surface area contributed by atoms with Crippen LogP contribution in [0.5, 0.6) is 0 Å². The highest BCUT2D eigenvalue weighted by atomic mass is 16.5. The minimum atomic E-state index is -0.238. The predicted molar refractivity (Wildman–Crippen MR) is 63.6 cm³/mol. The summed E-state index contributed by atoms with van der Waals surface area (Å²) in [5.41, 5.74) is 3.88. The Morgan fingerprint density at radius 1 is 1.31 bits per heavy atom. The molecule has 1 aromatic carbocycles. The Kier molecular flexibility index (Phi) is 3.44. The van der Waals surface area contributed by atoms with Crippen molar-refractivity contribution in [3.05, 3.63) is 29.3 Å². The zero-order chi connectivity index (χ0) is 11.4. The van der Waals surface area contributed by atoms with E-state index >= 15 is 0 Å². The minimum Gasteiger partial charge on any atom is -0.468 e. The van der Waals surface area contributed by atoms with Crippen molar-refractivity contribution in [3.8, 4) is 0 Å². The van der Waals surface area contributed by atoms with E-state index in [-0.39, 0.29) is 12.5 Å². The summed E-state index contributed by atoms with van der Waals surface area (Å²) in [5, 5.41) is 3.07. The number of esters is 1. The number of carbonyl (C=O) groups excluding carboxylic acids is 1. The average molecular weight is 219 g/mol. The van der Waals surface area contributed by atoms with Crippen molar-refractivity contribution in [2.45, 2.75) is 25.7 Å². The lowest BCUT2D eigenvalue weighted by Crippen LogP contribution is -2.15. The lowest BCUT2D eigenvalue weighted by molar-refractivity contribution is -0.138. The van der Waals surface area contributed by atoms with Gasteiger partial charge in [-0.3, -0.25) is 4.79 Å². The first-order valence-corrected chi connectivity index (χ1v) is 5.72. The van der Waals surface area contributed by atoms with Gasteiger partial charge in [-0.25, -0.2) is 0 Å². The molecule has 0 saturated heterocycles. The second-order valence-corrected chi connectivity index (χ2v) is 4.12. The lowest BCUT2D eigenvalue weighted by atomic mass is 9.91. The molecule has 0 bridgehead atoms. The summed E-state index contributed by atoms with van der Waals surface area (Å²) < 4.78 is 4.58. The van der Waals surface area contributed by atoms with E-state index in [1.807, 2.05) is 6.07 Å². The van der Waals surface area contributed by atoms with Crippen LogP contribution in [0.15, 0.2) is 18.2 Å². The van der Waals surface area contributed by atoms with Crippen molar-refractivity contribution >= 4 is 11.7 Å². The second kappa shape index (κ2) is 5.01. The molecule has 0 radical (unpaired) electrons. The third kappa shape index (κ3) is 2.54. The Bertz CT molecular complexity index is 388. The number of carbonyl (C=O) groups is 1. The first-order valence-electron chi connectivity index (χ1n) is 5.72. The number of methoxy groups -OCH3 is 1. The van der Waals surface area contributed by atoms with Gasteiger partial charge < -0.3 is 10.1 Å². The van der Waals surface area contributed by atoms with Crippen LogP contribution in [0.2, 0.25) is 0 Å². The normalized spacial score (nSPS) is 14.1. The number of hydrogen-bond acceptors (Lipinski definition) is 3. The van der Waals surface area contributed by atoms with Gasteiger partial charge in [0.15, 0.2) is 0 Å². The van der Waals surface area contributed by atoms with Gasteiger partial charge in [-0.15, -0.1) is 0 Å². The highest BCUT2D eigenvalue weighted by molar-refractivity contribution is 5.74. The van der Waals surface area contributed by atoms with E-state index in [1.54, 1.807) is 0 Å². The minimum absolute atomic E-state index is 0.231. The van der Waals surface area contributed by atoms with Gasteiger partial charge in [0.05, 0.1) is 7.11 Å². The van der Waals surface area contributed by atoms with E-state index in [4.69, 9.17) is 0 Å². The maximum Gasteiger partial charge on any atom is 0.325 e. The molecule has 3 nitrogen and oxygen atoms in total. The molecule has 16 heavy (non-hydrogen) atoms. The molecular formula is C13H17NO2. The molecule has 1 aromatic rings. The molecule has 0 spiro atoms. The van der Waals surface area contributed by atoms with Crippen LogP contribution in [-0.4, -0.2) is 19.6 Å². The molecule has 0 fully saturated rings. The summed E-state index contributed by atoms with van der Waals surface area (Å²) in [7, 11) is 1.40. The standard InChI is InChI=1S/C13H17NO2/c1-16-13(15)9-14-12-7-6-10-4-2-3-5-11(10)8-12/h6-8,14H,2-5,9H2,1H3. The molecule has 0 aliphatic heterocycles. The fourth-order valence-corrected chi connectivity index (χ4v) is 2.09. The van der Waals surface area contributed by atoms with Crippen LogP contribution in [0.3, 0.4) is 0 Å². The summed E-state index contributed by atoms with van der Waals surface area (Å²) >= 11 is 0. The number of ether oxygens (including phenoxy) is 1. The average Bonchev–Trinajstić information content (AvgIpc) is 2.35. The van der Waals surface area contributed by atoms with Crippen molar-refractivity contribution in [2.24, 2.45) is 0 Å². The summed E-state index contributed by atoms with van der Waals surface area (Å²) in [6, 6.07) is 6.35. The molecule has 86 valence electrons. The quantitative estimate of drug-likeness (QED) is 0.792. The number of nitrogens with one attached hydrogen (secondary N) is 1. The molecule has 1 aliphatic rings. The molecule has 3 heteroatoms. The number of fused-ring (bicyclic) bond motifs is 1. The van der Waals surface area contributed by atoms with E-state index in [1.165, 1.54) is 37.5 Å². The molecule has 1 aliphatic carbocycles. The van der Waals surface area contributed by atoms with Gasteiger partial charge >= 0.3 is 5.97 Å². The van der Waals surface area contributed by atoms with Gasteiger partial charge in [0.1, 0.15) is 6.54 Å². The SMILES string of the molecule is COC(=O)CNc1ccc2c(c1)CCCC2. The fourth-order valence-electron chi connectivity index (χ4n) is 2.09. The van der Waals surface area contributed by atoms with E-state index in [0.717, 1.165) is 12.1 Å². The molecule has 0 amide bonds. The lowest BCUT2D eigenvalue weighted by Gasteiger charge is -2.16. The summed E-state index contributed by atoms with van der Waals surface area (Å²) in [5.74, 6) is -0.238. The molecular weight excluding hydrogens is 202 g/mol. The number of benzene rings is 1. The van der Waals surface area contributed by atoms with Gasteiger partial charge in [-0.1, -0.05) is 6.07 Å². The Balaban J connectivity index is 2.03. The first kappa shape index (κ1) is 11.0. The summed E-state index contributed by atoms with van der Waals surface area (Å²) in [6.07, 6.45) is 4.91. The van der Waals surface area contributed by atoms with Crippen LogP contribution < -0.4 is 5.32 Å². The smallest absolute Gasteiger partial charge is 0.325 e. The Morgan fingerprint density at radius 2 is 2.06 bits per heavy atom. The van der Waals surface area contributed by atoms with Gasteiger partial charge in [0.2, 0.25) is 0 Å². The maximum atomic E-state index is 11.0. The van der Waals surface area contributed by atoms with Crippen molar-refractivity contribution in [1.82, 2.24) is 0 Å². The molecule has 0 saturated carbocycles. The Morgan fingerprint density at radius 3 is 2.81 bits per heavy atom. The third-order valence-corrected chi connectivity index (χ3v) is 3.01. The third-order valence-electron chi connectivity index (χ3n) is 3.01. The van der Waals surface area contributed by atoms with Gasteiger partial charge in [-0.05, 0) is 48.9 Å². The number of hydrogen-bond donors (Lipinski definition) is 1. The van der Waals surface area contributed by atoms with Crippen molar-refractivity contribution < 1.29 is 9.53 Å². The van der Waals surface area contributed by atoms with E-state index in [2.05, 4.69) is 22.2 Å². The monoisotopic (exact) mass is 219 g/mol. The largest absolute Gasteiger partial charge is 0.468 e. The van der Waals surface area contributed by atoms with Crippen molar-refractivity contribution in [2.75, 3.05) is 19.0 Å². The van der Waals surface area contributed by atoms with Gasteiger partial charge in [0.25, 0.3) is 0 Å².